The van der Waals surface area contributed by atoms with Gasteiger partial charge in [-0.1, -0.05) is 226 Å². The van der Waals surface area contributed by atoms with E-state index in [0.717, 1.165) is 165 Å². The fraction of sp³-hybridized carbons (Fsp3) is 0.244. The lowest BCUT2D eigenvalue weighted by molar-refractivity contribution is -0.133. The van der Waals surface area contributed by atoms with E-state index in [9.17, 15) is 0 Å². The molecular weight excluding hydrogens is 1060 g/mol. The van der Waals surface area contributed by atoms with Crippen LogP contribution in [-0.4, -0.2) is 18.6 Å². The molecule has 5 nitrogen and oxygen atoms in total. The maximum absolute atomic E-state index is 15.8. The molecule has 0 heterocycles. The molecule has 0 saturated carbocycles. The first-order valence-corrected chi connectivity index (χ1v) is 31.8. The van der Waals surface area contributed by atoms with E-state index in [4.69, 9.17) is 0 Å². The highest BCUT2D eigenvalue weighted by Crippen LogP contribution is 2.54. The molecule has 10 aromatic carbocycles. The number of rotatable bonds is 25. The van der Waals surface area contributed by atoms with Gasteiger partial charge in [0.2, 0.25) is 0 Å². The third kappa shape index (κ3) is 12.9. The molecule has 1 aliphatic rings. The van der Waals surface area contributed by atoms with Crippen molar-refractivity contribution < 1.29 is 9.59 Å². The number of nitrogens with zero attached hydrogens (tertiary/aromatic N) is 3. The molecule has 5 heteroatoms. The average Bonchev–Trinajstić information content (AvgIpc) is 1.56. The molecule has 0 radical (unpaired) electrons. The molecule has 1 aliphatic carbocycles. The molecule has 0 fully saturated rings. The summed E-state index contributed by atoms with van der Waals surface area (Å²) in [6.45, 7) is 11.2. The summed E-state index contributed by atoms with van der Waals surface area (Å²) in [6.07, 6.45) is 10.8. The lowest BCUT2D eigenvalue weighted by atomic mass is 9.68. The minimum absolute atomic E-state index is 0.0192. The minimum Gasteiger partial charge on any atom is -0.345 e. The fourth-order valence-corrected chi connectivity index (χ4v) is 12.8. The predicted molar refractivity (Wildman–Crippen MR) is 368 cm³/mol. The Labute approximate surface area is 518 Å². The van der Waals surface area contributed by atoms with Gasteiger partial charge in [0.1, 0.15) is 5.41 Å². The molecule has 11 rings (SSSR count). The van der Waals surface area contributed by atoms with Crippen LogP contribution in [0, 0.1) is 0 Å². The Kier molecular flexibility index (Phi) is 18.6. The second-order valence-electron chi connectivity index (χ2n) is 24.7. The smallest absolute Gasteiger partial charge is 0.155 e. The molecule has 0 aliphatic heterocycles. The first kappa shape index (κ1) is 59.7. The van der Waals surface area contributed by atoms with E-state index in [1.807, 2.05) is 6.07 Å². The third-order valence-electron chi connectivity index (χ3n) is 17.8. The van der Waals surface area contributed by atoms with Crippen LogP contribution in [0.5, 0.6) is 0 Å². The van der Waals surface area contributed by atoms with Crippen LogP contribution in [0.2, 0.25) is 0 Å². The number of carbonyl (C=O) groups is 2. The van der Waals surface area contributed by atoms with Crippen molar-refractivity contribution in [2.45, 2.75) is 122 Å². The minimum atomic E-state index is -1.44. The summed E-state index contributed by atoms with van der Waals surface area (Å²) in [5.74, 6) is 0.0384. The van der Waals surface area contributed by atoms with Gasteiger partial charge >= 0.3 is 0 Å². The van der Waals surface area contributed by atoms with Crippen LogP contribution in [0.25, 0.3) is 44.5 Å². The Hall–Kier alpha value is -9.06. The van der Waals surface area contributed by atoms with Gasteiger partial charge in [0.25, 0.3) is 0 Å². The molecule has 10 aromatic rings. The zero-order valence-electron chi connectivity index (χ0n) is 51.8. The predicted octanol–water partition coefficient (Wildman–Crippen LogP) is 22.8. The van der Waals surface area contributed by atoms with Crippen molar-refractivity contribution in [1.29, 1.82) is 0 Å². The summed E-state index contributed by atoms with van der Waals surface area (Å²) in [7, 11) is 2.10. The van der Waals surface area contributed by atoms with Gasteiger partial charge in [0.15, 0.2) is 11.6 Å². The topological polar surface area (TPSA) is 43.9 Å². The number of unbranched alkanes of at least 4 members (excludes halogenated alkanes) is 8. The molecule has 87 heavy (non-hydrogen) atoms. The summed E-state index contributed by atoms with van der Waals surface area (Å²) in [4.78, 5) is 38.4. The van der Waals surface area contributed by atoms with Crippen LogP contribution in [0.4, 0.5) is 45.5 Å². The number of fused-ring (bicyclic) bond motifs is 3. The standard InChI is InChI=1S/C82H83N3O2/c1-7-9-11-13-24-32-79(86)82(80(87)33-25-14-12-10-8-2)77-58-64(42-56-75(77)76-57-43-65(59-78(76)82)63-40-52-73(53-41-63)85(70-30-22-17-23-31-70)74-54-44-66(45-55-74)81(3,4)5)62-38-50-72(51-39-62)84(69-28-20-16-21-29-69)71-48-36-61(37-49-71)60-34-46-68(47-35-60)83(6)67-26-18-15-19-27-67/h15-23,26-31,34-59H,7-14,24-25,32-33H2,1-6H3. The molecule has 0 bridgehead atoms. The normalized spacial score (nSPS) is 12.3. The van der Waals surface area contributed by atoms with E-state index in [2.05, 4.69) is 299 Å². The van der Waals surface area contributed by atoms with Gasteiger partial charge < -0.3 is 14.7 Å². The number of hydrogen-bond donors (Lipinski definition) is 0. The molecule has 0 saturated heterocycles. The summed E-state index contributed by atoms with van der Waals surface area (Å²) < 4.78 is 0. The average molecular weight is 1140 g/mol. The first-order chi connectivity index (χ1) is 42.5. The SMILES string of the molecule is CCCCCCCC(=O)C1(C(=O)CCCCCCC)c2cc(-c3ccc(N(c4ccccc4)c4ccc(-c5ccc(N(C)c6ccccc6)cc5)cc4)cc3)ccc2-c2ccc(-c3ccc(N(c4ccccc4)c4ccc(C(C)(C)C)cc4)cc3)cc21. The van der Waals surface area contributed by atoms with Crippen molar-refractivity contribution >= 4 is 57.1 Å². The maximum atomic E-state index is 15.8. The monoisotopic (exact) mass is 1140 g/mol. The van der Waals surface area contributed by atoms with Gasteiger partial charge in [-0.2, -0.15) is 0 Å². The van der Waals surface area contributed by atoms with Crippen LogP contribution in [0.3, 0.4) is 0 Å². The van der Waals surface area contributed by atoms with Gasteiger partial charge in [0.05, 0.1) is 0 Å². The van der Waals surface area contributed by atoms with Crippen molar-refractivity contribution in [3.63, 3.8) is 0 Å². The fourth-order valence-electron chi connectivity index (χ4n) is 12.8. The van der Waals surface area contributed by atoms with Crippen molar-refractivity contribution in [3.05, 3.63) is 265 Å². The largest absolute Gasteiger partial charge is 0.345 e. The second-order valence-corrected chi connectivity index (χ2v) is 24.7. The van der Waals surface area contributed by atoms with Gasteiger partial charge in [-0.25, -0.2) is 0 Å². The Morgan fingerprint density at radius 1 is 0.333 bits per heavy atom. The molecule has 0 atom stereocenters. The number of hydrogen-bond acceptors (Lipinski definition) is 5. The summed E-state index contributed by atoms with van der Waals surface area (Å²) in [5.41, 5.74) is 18.4. The third-order valence-corrected chi connectivity index (χ3v) is 17.8. The maximum Gasteiger partial charge on any atom is 0.155 e. The van der Waals surface area contributed by atoms with E-state index in [1.165, 1.54) is 5.56 Å². The number of benzene rings is 10. The first-order valence-electron chi connectivity index (χ1n) is 31.8. The van der Waals surface area contributed by atoms with Crippen LogP contribution in [0.15, 0.2) is 249 Å². The molecule has 0 unspecified atom stereocenters. The molecule has 438 valence electrons. The van der Waals surface area contributed by atoms with Crippen molar-refractivity contribution in [2.24, 2.45) is 0 Å². The highest BCUT2D eigenvalue weighted by Gasteiger charge is 2.53. The number of ketones is 2. The lowest BCUT2D eigenvalue weighted by Crippen LogP contribution is -2.43. The lowest BCUT2D eigenvalue weighted by Gasteiger charge is -2.30. The van der Waals surface area contributed by atoms with Crippen molar-refractivity contribution in [1.82, 2.24) is 0 Å². The van der Waals surface area contributed by atoms with Crippen LogP contribution in [-0.2, 0) is 20.4 Å². The number of para-hydroxylation sites is 3. The van der Waals surface area contributed by atoms with Crippen LogP contribution < -0.4 is 14.7 Å². The highest BCUT2D eigenvalue weighted by atomic mass is 16.2. The van der Waals surface area contributed by atoms with E-state index >= 15 is 9.59 Å². The summed E-state index contributed by atoms with van der Waals surface area (Å²) >= 11 is 0. The van der Waals surface area contributed by atoms with Crippen LogP contribution in [0.1, 0.15) is 128 Å². The van der Waals surface area contributed by atoms with Crippen molar-refractivity contribution in [2.75, 3.05) is 21.7 Å². The second kappa shape index (κ2) is 27.1. The Morgan fingerprint density at radius 2 is 0.621 bits per heavy atom. The van der Waals surface area contributed by atoms with E-state index in [-0.39, 0.29) is 17.0 Å². The Morgan fingerprint density at radius 3 is 0.977 bits per heavy atom. The molecule has 0 amide bonds. The zero-order valence-corrected chi connectivity index (χ0v) is 51.8. The molecular formula is C82H83N3O2. The van der Waals surface area contributed by atoms with Crippen molar-refractivity contribution in [3.8, 4) is 44.5 Å². The van der Waals surface area contributed by atoms with E-state index < -0.39 is 5.41 Å². The van der Waals surface area contributed by atoms with Gasteiger partial charge in [-0.3, -0.25) is 9.59 Å². The quantitative estimate of drug-likeness (QED) is 0.0421. The molecule has 0 aromatic heterocycles. The zero-order chi connectivity index (χ0) is 60.3. The number of anilines is 8. The highest BCUT2D eigenvalue weighted by molar-refractivity contribution is 6.20. The summed E-state index contributed by atoms with van der Waals surface area (Å²) in [5, 5.41) is 0. The Bertz CT molecular complexity index is 3860. The number of carbonyl (C=O) groups excluding carboxylic acids is 2. The van der Waals surface area contributed by atoms with Gasteiger partial charge in [0, 0.05) is 65.4 Å². The van der Waals surface area contributed by atoms with E-state index in [1.54, 1.807) is 0 Å². The van der Waals surface area contributed by atoms with Crippen LogP contribution >= 0.6 is 0 Å². The Balaban J connectivity index is 0.941. The molecule has 0 spiro atoms. The van der Waals surface area contributed by atoms with Gasteiger partial charge in [-0.15, -0.1) is 0 Å². The molecule has 0 N–H and O–H groups in total. The van der Waals surface area contributed by atoms with Gasteiger partial charge in [-0.05, 0) is 189 Å². The number of Topliss-reactive ketones (excluding diaryl/α,β-unsaturated/α-hetero) is 2. The summed E-state index contributed by atoms with van der Waals surface area (Å²) in [6, 6.07) is 88.6. The van der Waals surface area contributed by atoms with E-state index in [0.29, 0.717) is 12.8 Å².